The number of benzene rings is 1. The lowest BCUT2D eigenvalue weighted by Crippen LogP contribution is -2.59. The molecule has 3 N–H and O–H groups in total. The summed E-state index contributed by atoms with van der Waals surface area (Å²) < 4.78 is -0.514. The monoisotopic (exact) mass is 461 g/mol. The Balaban J connectivity index is 1.84. The number of nitrogens with zero attached hydrogens (tertiary/aromatic N) is 1. The summed E-state index contributed by atoms with van der Waals surface area (Å²) in [7, 11) is 0. The minimum atomic E-state index is -0.750. The molecule has 1 unspecified atom stereocenters. The van der Waals surface area contributed by atoms with Crippen molar-refractivity contribution in [3.63, 3.8) is 0 Å². The molecule has 1 saturated heterocycles. The van der Waals surface area contributed by atoms with Crippen LogP contribution in [0.2, 0.25) is 0 Å². The van der Waals surface area contributed by atoms with Gasteiger partial charge in [-0.15, -0.1) is 11.8 Å². The number of aliphatic hydroxyl groups is 1. The van der Waals surface area contributed by atoms with Crippen LogP contribution in [0.3, 0.4) is 0 Å². The van der Waals surface area contributed by atoms with Crippen molar-refractivity contribution in [2.75, 3.05) is 6.61 Å². The maximum absolute atomic E-state index is 13.6. The Morgan fingerprint density at radius 1 is 1.19 bits per heavy atom. The van der Waals surface area contributed by atoms with Crippen molar-refractivity contribution < 1.29 is 19.5 Å². The van der Waals surface area contributed by atoms with Crippen molar-refractivity contribution in [2.45, 2.75) is 76.2 Å². The Morgan fingerprint density at radius 3 is 2.44 bits per heavy atom. The van der Waals surface area contributed by atoms with E-state index in [2.05, 4.69) is 10.6 Å². The molecular formula is C24H35N3O4S. The lowest BCUT2D eigenvalue weighted by atomic mass is 9.95. The van der Waals surface area contributed by atoms with Gasteiger partial charge in [-0.25, -0.2) is 0 Å². The van der Waals surface area contributed by atoms with Crippen LogP contribution in [0.5, 0.6) is 0 Å². The molecule has 1 aromatic carbocycles. The Hall–Kier alpha value is -2.06. The first kappa shape index (κ1) is 24.6. The molecule has 1 fully saturated rings. The van der Waals surface area contributed by atoms with Gasteiger partial charge in [-0.1, -0.05) is 52.3 Å². The van der Waals surface area contributed by atoms with Crippen LogP contribution in [0.15, 0.2) is 24.3 Å². The average Bonchev–Trinajstić information content (AvgIpc) is 3.18. The highest BCUT2D eigenvalue weighted by Gasteiger charge is 2.57. The number of hydrogen-bond acceptors (Lipinski definition) is 5. The molecule has 2 heterocycles. The first-order valence-corrected chi connectivity index (χ1v) is 12.2. The molecule has 0 bridgehead atoms. The second-order valence-corrected chi connectivity index (χ2v) is 11.4. The predicted molar refractivity (Wildman–Crippen MR) is 126 cm³/mol. The van der Waals surface area contributed by atoms with Gasteiger partial charge in [-0.3, -0.25) is 14.4 Å². The minimum absolute atomic E-state index is 0.0592. The molecule has 0 aliphatic carbocycles. The van der Waals surface area contributed by atoms with Crippen molar-refractivity contribution >= 4 is 29.5 Å². The standard InChI is InChI=1S/C24H35N3O4S/c1-7-14(4)18(20(29)25-17(12-28)13(2)3)26-21(30)19-24(5,6)32-23-16-11-9-8-10-15(16)22(31)27(19)23/h8-11,13-14,17-19,23,28H,7,12H2,1-6H3,(H,25,29)(H,26,30)/t14-,17+,18+,19-,23?/m0/s1. The van der Waals surface area contributed by atoms with E-state index in [1.54, 1.807) is 22.7 Å². The Morgan fingerprint density at radius 2 is 1.84 bits per heavy atom. The minimum Gasteiger partial charge on any atom is -0.394 e. The van der Waals surface area contributed by atoms with Crippen molar-refractivity contribution in [1.82, 2.24) is 15.5 Å². The van der Waals surface area contributed by atoms with Gasteiger partial charge in [0.15, 0.2) is 0 Å². The highest BCUT2D eigenvalue weighted by Crippen LogP contribution is 2.56. The van der Waals surface area contributed by atoms with E-state index in [9.17, 15) is 19.5 Å². The number of hydrogen-bond donors (Lipinski definition) is 3. The summed E-state index contributed by atoms with van der Waals surface area (Å²) >= 11 is 1.60. The van der Waals surface area contributed by atoms with Gasteiger partial charge in [0, 0.05) is 10.3 Å². The molecule has 0 saturated carbocycles. The van der Waals surface area contributed by atoms with Crippen LogP contribution in [-0.2, 0) is 9.59 Å². The van der Waals surface area contributed by atoms with Gasteiger partial charge in [0.25, 0.3) is 5.91 Å². The van der Waals surface area contributed by atoms with Gasteiger partial charge in [-0.05, 0) is 37.3 Å². The molecular weight excluding hydrogens is 426 g/mol. The number of amides is 3. The van der Waals surface area contributed by atoms with Crippen LogP contribution >= 0.6 is 11.8 Å². The molecule has 8 heteroatoms. The molecule has 0 radical (unpaired) electrons. The zero-order valence-electron chi connectivity index (χ0n) is 19.7. The normalized spacial score (nSPS) is 24.0. The van der Waals surface area contributed by atoms with E-state index in [0.717, 1.165) is 5.56 Å². The fourth-order valence-electron chi connectivity index (χ4n) is 4.43. The largest absolute Gasteiger partial charge is 0.394 e. The zero-order chi connectivity index (χ0) is 23.8. The lowest BCUT2D eigenvalue weighted by Gasteiger charge is -2.33. The number of carbonyl (C=O) groups is 3. The summed E-state index contributed by atoms with van der Waals surface area (Å²) in [5.41, 5.74) is 1.57. The second-order valence-electron chi connectivity index (χ2n) is 9.69. The highest BCUT2D eigenvalue weighted by atomic mass is 32.2. The van der Waals surface area contributed by atoms with E-state index in [4.69, 9.17) is 0 Å². The number of nitrogens with one attached hydrogen (secondary N) is 2. The smallest absolute Gasteiger partial charge is 0.256 e. The molecule has 32 heavy (non-hydrogen) atoms. The molecule has 3 amide bonds. The van der Waals surface area contributed by atoms with Crippen LogP contribution in [0.4, 0.5) is 0 Å². The Bertz CT molecular complexity index is 888. The first-order valence-electron chi connectivity index (χ1n) is 11.3. The fourth-order valence-corrected chi connectivity index (χ4v) is 6.02. The number of thioether (sulfide) groups is 1. The van der Waals surface area contributed by atoms with Crippen LogP contribution in [0.1, 0.15) is 69.3 Å². The van der Waals surface area contributed by atoms with Crippen LogP contribution in [0.25, 0.3) is 0 Å². The molecule has 176 valence electrons. The highest BCUT2D eigenvalue weighted by molar-refractivity contribution is 8.01. The number of carbonyl (C=O) groups excluding carboxylic acids is 3. The third kappa shape index (κ3) is 4.39. The van der Waals surface area contributed by atoms with Gasteiger partial charge in [-0.2, -0.15) is 0 Å². The summed E-state index contributed by atoms with van der Waals surface area (Å²) in [6.45, 7) is 11.5. The summed E-state index contributed by atoms with van der Waals surface area (Å²) in [6, 6.07) is 5.65. The first-order chi connectivity index (χ1) is 15.0. The van der Waals surface area contributed by atoms with E-state index in [0.29, 0.717) is 12.0 Å². The topological polar surface area (TPSA) is 98.7 Å². The van der Waals surface area contributed by atoms with E-state index < -0.39 is 16.8 Å². The third-order valence-corrected chi connectivity index (χ3v) is 8.20. The maximum atomic E-state index is 13.6. The van der Waals surface area contributed by atoms with E-state index in [-0.39, 0.29) is 47.6 Å². The molecule has 7 nitrogen and oxygen atoms in total. The number of aliphatic hydroxyl groups excluding tert-OH is 1. The van der Waals surface area contributed by atoms with Gasteiger partial charge in [0.05, 0.1) is 12.6 Å². The van der Waals surface area contributed by atoms with Crippen molar-refractivity contribution in [3.8, 4) is 0 Å². The van der Waals surface area contributed by atoms with Crippen LogP contribution < -0.4 is 10.6 Å². The van der Waals surface area contributed by atoms with Crippen LogP contribution in [-0.4, -0.2) is 57.2 Å². The quantitative estimate of drug-likeness (QED) is 0.553. The summed E-state index contributed by atoms with van der Waals surface area (Å²) in [4.78, 5) is 41.5. The fraction of sp³-hybridized carbons (Fsp3) is 0.625. The summed E-state index contributed by atoms with van der Waals surface area (Å²) in [5.74, 6) is -0.824. The van der Waals surface area contributed by atoms with Crippen LogP contribution in [0, 0.1) is 11.8 Å². The molecule has 3 rings (SSSR count). The van der Waals surface area contributed by atoms with E-state index in [1.807, 2.05) is 59.7 Å². The van der Waals surface area contributed by atoms with E-state index in [1.165, 1.54) is 0 Å². The lowest BCUT2D eigenvalue weighted by molar-refractivity contribution is -0.133. The van der Waals surface area contributed by atoms with Gasteiger partial charge < -0.3 is 20.6 Å². The summed E-state index contributed by atoms with van der Waals surface area (Å²) in [5, 5.41) is 15.2. The molecule has 5 atom stereocenters. The zero-order valence-corrected chi connectivity index (χ0v) is 20.5. The summed E-state index contributed by atoms with van der Waals surface area (Å²) in [6.07, 6.45) is 0.698. The third-order valence-electron chi connectivity index (χ3n) is 6.67. The molecule has 2 aliphatic heterocycles. The molecule has 0 aromatic heterocycles. The SMILES string of the molecule is CC[C@H](C)[C@@H](NC(=O)[C@@H]1N2C(=O)c3ccccc3C2SC1(C)C)C(=O)N[C@H](CO)C(C)C. The Kier molecular flexibility index (Phi) is 7.25. The maximum Gasteiger partial charge on any atom is 0.256 e. The average molecular weight is 462 g/mol. The second kappa shape index (κ2) is 9.43. The van der Waals surface area contributed by atoms with Gasteiger partial charge >= 0.3 is 0 Å². The van der Waals surface area contributed by atoms with Gasteiger partial charge in [0.2, 0.25) is 11.8 Å². The van der Waals surface area contributed by atoms with E-state index >= 15 is 0 Å². The van der Waals surface area contributed by atoms with Crippen molar-refractivity contribution in [1.29, 1.82) is 0 Å². The predicted octanol–water partition coefficient (Wildman–Crippen LogP) is 2.70. The number of fused-ring (bicyclic) bond motifs is 3. The molecule has 1 aromatic rings. The molecule has 2 aliphatic rings. The number of rotatable bonds is 8. The molecule has 0 spiro atoms. The van der Waals surface area contributed by atoms with Gasteiger partial charge in [0.1, 0.15) is 17.5 Å². The van der Waals surface area contributed by atoms with Crippen molar-refractivity contribution in [3.05, 3.63) is 35.4 Å². The Labute approximate surface area is 194 Å². The van der Waals surface area contributed by atoms with Crippen molar-refractivity contribution in [2.24, 2.45) is 11.8 Å².